The van der Waals surface area contributed by atoms with Crippen LogP contribution in [-0.4, -0.2) is 61.5 Å². The molecule has 0 radical (unpaired) electrons. The third-order valence-electron chi connectivity index (χ3n) is 6.17. The average molecular weight is 478 g/mol. The quantitative estimate of drug-likeness (QED) is 0.458. The minimum Gasteiger partial charge on any atom is -0.383 e. The second-order valence-electron chi connectivity index (χ2n) is 8.50. The number of rotatable bonds is 7. The molecule has 2 N–H and O–H groups in total. The Balaban J connectivity index is 1.58. The normalized spacial score (nSPS) is 17.1. The number of pyridine rings is 2. The van der Waals surface area contributed by atoms with Gasteiger partial charge in [0.25, 0.3) is 0 Å². The number of carbonyl (C=O) groups is 3. The lowest BCUT2D eigenvalue weighted by atomic mass is 10.0. The molecule has 2 aromatic rings. The SMILES string of the molecule is COCCNc1cc(NC(=O)N2CCCc3cc(N4CC[C@H](C)C4=O)c(C=O)nc32)ncc1C#N. The molecule has 0 saturated carbocycles. The van der Waals surface area contributed by atoms with Gasteiger partial charge in [0.2, 0.25) is 5.91 Å². The van der Waals surface area contributed by atoms with Gasteiger partial charge in [-0.05, 0) is 30.9 Å². The Morgan fingerprint density at radius 1 is 1.37 bits per heavy atom. The molecule has 4 rings (SSSR count). The van der Waals surface area contributed by atoms with E-state index in [-0.39, 0.29) is 23.3 Å². The monoisotopic (exact) mass is 477 g/mol. The summed E-state index contributed by atoms with van der Waals surface area (Å²) in [7, 11) is 1.58. The van der Waals surface area contributed by atoms with Crippen LogP contribution >= 0.6 is 0 Å². The highest BCUT2D eigenvalue weighted by Crippen LogP contribution is 2.34. The van der Waals surface area contributed by atoms with Crippen LogP contribution in [-0.2, 0) is 16.0 Å². The summed E-state index contributed by atoms with van der Waals surface area (Å²) in [4.78, 5) is 49.3. The number of ether oxygens (including phenoxy) is 1. The van der Waals surface area contributed by atoms with Crippen LogP contribution in [0.25, 0.3) is 0 Å². The van der Waals surface area contributed by atoms with Gasteiger partial charge in [0, 0.05) is 44.9 Å². The number of fused-ring (bicyclic) bond motifs is 1. The zero-order valence-electron chi connectivity index (χ0n) is 19.7. The number of hydrogen-bond acceptors (Lipinski definition) is 8. The maximum Gasteiger partial charge on any atom is 0.328 e. The highest BCUT2D eigenvalue weighted by Gasteiger charge is 2.33. The molecular formula is C24H27N7O4. The molecule has 182 valence electrons. The van der Waals surface area contributed by atoms with Gasteiger partial charge in [-0.1, -0.05) is 6.92 Å². The van der Waals surface area contributed by atoms with Crippen molar-refractivity contribution in [3.05, 3.63) is 35.2 Å². The average Bonchev–Trinajstić information content (AvgIpc) is 3.20. The molecule has 2 aliphatic heterocycles. The molecule has 0 bridgehead atoms. The van der Waals surface area contributed by atoms with E-state index in [9.17, 15) is 19.6 Å². The lowest BCUT2D eigenvalue weighted by molar-refractivity contribution is -0.119. The van der Waals surface area contributed by atoms with Crippen molar-refractivity contribution in [1.82, 2.24) is 9.97 Å². The smallest absolute Gasteiger partial charge is 0.328 e. The number of methoxy groups -OCH3 is 1. The summed E-state index contributed by atoms with van der Waals surface area (Å²) in [5.41, 5.74) is 2.31. The number of aromatic nitrogens is 2. The number of hydrogen-bond donors (Lipinski definition) is 2. The van der Waals surface area contributed by atoms with Gasteiger partial charge < -0.3 is 15.0 Å². The van der Waals surface area contributed by atoms with Crippen LogP contribution < -0.4 is 20.4 Å². The molecule has 0 aromatic carbocycles. The van der Waals surface area contributed by atoms with Gasteiger partial charge in [-0.15, -0.1) is 0 Å². The predicted octanol–water partition coefficient (Wildman–Crippen LogP) is 2.58. The standard InChI is InChI=1S/C24H27N7O4/c1-15-5-8-30(23(15)33)20-10-16-4-3-7-31(22(16)28-19(20)14-32)24(34)29-21-11-18(26-6-9-35-2)17(12-25)13-27-21/h10-11,13-15H,3-9H2,1-2H3,(H2,26,27,29,34)/t15-/m0/s1. The van der Waals surface area contributed by atoms with E-state index < -0.39 is 6.03 Å². The zero-order chi connectivity index (χ0) is 24.9. The number of urea groups is 1. The Morgan fingerprint density at radius 3 is 2.89 bits per heavy atom. The van der Waals surface area contributed by atoms with Gasteiger partial charge in [-0.2, -0.15) is 5.26 Å². The maximum absolute atomic E-state index is 13.2. The van der Waals surface area contributed by atoms with Crippen LogP contribution in [0.1, 0.15) is 41.4 Å². The van der Waals surface area contributed by atoms with Crippen LogP contribution in [0.4, 0.5) is 27.8 Å². The molecule has 1 atom stereocenters. The molecule has 0 spiro atoms. The minimum atomic E-state index is -0.450. The second-order valence-corrected chi connectivity index (χ2v) is 8.50. The topological polar surface area (TPSA) is 141 Å². The van der Waals surface area contributed by atoms with Crippen molar-refractivity contribution in [3.8, 4) is 6.07 Å². The summed E-state index contributed by atoms with van der Waals surface area (Å²) in [5.74, 6) is 0.542. The van der Waals surface area contributed by atoms with Crippen molar-refractivity contribution >= 4 is 41.2 Å². The first kappa shape index (κ1) is 24.1. The third kappa shape index (κ3) is 4.93. The van der Waals surface area contributed by atoms with Crippen LogP contribution in [0.5, 0.6) is 0 Å². The number of aryl methyl sites for hydroxylation is 1. The van der Waals surface area contributed by atoms with Gasteiger partial charge in [0.15, 0.2) is 6.29 Å². The van der Waals surface area contributed by atoms with E-state index in [0.29, 0.717) is 68.1 Å². The van der Waals surface area contributed by atoms with Crippen LogP contribution in [0.15, 0.2) is 18.3 Å². The summed E-state index contributed by atoms with van der Waals surface area (Å²) in [6.45, 7) is 3.76. The van der Waals surface area contributed by atoms with E-state index in [1.807, 2.05) is 6.92 Å². The lowest BCUT2D eigenvalue weighted by Crippen LogP contribution is -2.40. The first-order chi connectivity index (χ1) is 17.0. The van der Waals surface area contributed by atoms with Gasteiger partial charge in [-0.25, -0.2) is 14.8 Å². The van der Waals surface area contributed by atoms with Crippen LogP contribution in [0, 0.1) is 17.2 Å². The van der Waals surface area contributed by atoms with E-state index in [4.69, 9.17) is 4.74 Å². The maximum atomic E-state index is 13.2. The number of carbonyl (C=O) groups excluding carboxylic acids is 3. The highest BCUT2D eigenvalue weighted by atomic mass is 16.5. The predicted molar refractivity (Wildman–Crippen MR) is 130 cm³/mol. The van der Waals surface area contributed by atoms with Crippen molar-refractivity contribution in [2.45, 2.75) is 26.2 Å². The van der Waals surface area contributed by atoms with Crippen molar-refractivity contribution < 1.29 is 19.1 Å². The molecule has 2 aromatic heterocycles. The van der Waals surface area contributed by atoms with E-state index >= 15 is 0 Å². The van der Waals surface area contributed by atoms with Gasteiger partial charge in [-0.3, -0.25) is 19.8 Å². The first-order valence-corrected chi connectivity index (χ1v) is 11.5. The Kier molecular flexibility index (Phi) is 7.22. The molecule has 1 fully saturated rings. The summed E-state index contributed by atoms with van der Waals surface area (Å²) >= 11 is 0. The Morgan fingerprint density at radius 2 is 2.20 bits per heavy atom. The molecule has 2 aliphatic rings. The molecule has 35 heavy (non-hydrogen) atoms. The molecular weight excluding hydrogens is 450 g/mol. The Labute approximate surface area is 203 Å². The fourth-order valence-electron chi connectivity index (χ4n) is 4.28. The lowest BCUT2D eigenvalue weighted by Gasteiger charge is -2.30. The number of aldehydes is 1. The van der Waals surface area contributed by atoms with Crippen molar-refractivity contribution in [2.75, 3.05) is 53.8 Å². The molecule has 1 saturated heterocycles. The van der Waals surface area contributed by atoms with E-state index in [2.05, 4.69) is 26.7 Å². The minimum absolute atomic E-state index is 0.0259. The number of nitrogens with one attached hydrogen (secondary N) is 2. The van der Waals surface area contributed by atoms with Crippen molar-refractivity contribution in [1.29, 1.82) is 5.26 Å². The molecule has 0 unspecified atom stereocenters. The van der Waals surface area contributed by atoms with Crippen molar-refractivity contribution in [2.24, 2.45) is 5.92 Å². The summed E-state index contributed by atoms with van der Waals surface area (Å²) in [5, 5.41) is 15.2. The fourth-order valence-corrected chi connectivity index (χ4v) is 4.28. The summed E-state index contributed by atoms with van der Waals surface area (Å²) in [6, 6.07) is 5.01. The van der Waals surface area contributed by atoms with E-state index in [0.717, 1.165) is 12.0 Å². The fraction of sp³-hybridized carbons (Fsp3) is 0.417. The number of nitrogens with zero attached hydrogens (tertiary/aromatic N) is 5. The molecule has 0 aliphatic carbocycles. The molecule has 3 amide bonds. The van der Waals surface area contributed by atoms with Gasteiger partial charge in [0.05, 0.1) is 23.5 Å². The number of nitriles is 1. The number of anilines is 4. The third-order valence-corrected chi connectivity index (χ3v) is 6.17. The Bertz CT molecular complexity index is 1190. The van der Waals surface area contributed by atoms with E-state index in [1.54, 1.807) is 24.1 Å². The van der Waals surface area contributed by atoms with E-state index in [1.165, 1.54) is 11.1 Å². The summed E-state index contributed by atoms with van der Waals surface area (Å²) < 4.78 is 5.02. The van der Waals surface area contributed by atoms with Crippen LogP contribution in [0.2, 0.25) is 0 Å². The zero-order valence-corrected chi connectivity index (χ0v) is 19.7. The second kappa shape index (κ2) is 10.5. The van der Waals surface area contributed by atoms with Gasteiger partial charge in [0.1, 0.15) is 23.4 Å². The molecule has 11 nitrogen and oxygen atoms in total. The Hall–Kier alpha value is -4.04. The van der Waals surface area contributed by atoms with Gasteiger partial charge >= 0.3 is 6.03 Å². The summed E-state index contributed by atoms with van der Waals surface area (Å²) in [6.07, 6.45) is 4.12. The highest BCUT2D eigenvalue weighted by molar-refractivity contribution is 6.04. The van der Waals surface area contributed by atoms with Crippen LogP contribution in [0.3, 0.4) is 0 Å². The largest absolute Gasteiger partial charge is 0.383 e. The molecule has 4 heterocycles. The molecule has 11 heteroatoms. The first-order valence-electron chi connectivity index (χ1n) is 11.5. The number of amides is 3. The van der Waals surface area contributed by atoms with Crippen molar-refractivity contribution in [3.63, 3.8) is 0 Å².